The van der Waals surface area contributed by atoms with E-state index >= 15 is 0 Å². The number of unbranched alkanes of at least 4 members (excludes halogenated alkanes) is 30. The summed E-state index contributed by atoms with van der Waals surface area (Å²) in [7, 11) is 1.48. The number of esters is 1. The Labute approximate surface area is 482 Å². The van der Waals surface area contributed by atoms with E-state index in [1.165, 1.54) is 148 Å². The van der Waals surface area contributed by atoms with Crippen LogP contribution in [0.4, 0.5) is 0 Å². The Morgan fingerprint density at radius 3 is 1.26 bits per heavy atom. The highest BCUT2D eigenvalue weighted by molar-refractivity contribution is 7.47. The average Bonchev–Trinajstić information content (AvgIpc) is 3.40. The number of nitrogens with zero attached hydrogens (tertiary/aromatic N) is 1. The minimum absolute atomic E-state index is 0.0349. The summed E-state index contributed by atoms with van der Waals surface area (Å²) in [5, 5.41) is 3.04. The average molecular weight is 1110 g/mol. The van der Waals surface area contributed by atoms with Gasteiger partial charge < -0.3 is 19.4 Å². The van der Waals surface area contributed by atoms with Crippen LogP contribution in [0, 0.1) is 0 Å². The third-order valence-electron chi connectivity index (χ3n) is 14.1. The molecular weight excluding hydrogens is 988 g/mol. The van der Waals surface area contributed by atoms with Gasteiger partial charge in [-0.25, -0.2) is 4.57 Å². The summed E-state index contributed by atoms with van der Waals surface area (Å²) in [5.41, 5.74) is 0. The van der Waals surface area contributed by atoms with E-state index in [-0.39, 0.29) is 31.5 Å². The molecule has 0 spiro atoms. The van der Waals surface area contributed by atoms with Crippen LogP contribution in [0.3, 0.4) is 0 Å². The van der Waals surface area contributed by atoms with Crippen molar-refractivity contribution in [2.45, 2.75) is 296 Å². The summed E-state index contributed by atoms with van der Waals surface area (Å²) in [4.78, 5) is 37.7. The number of hydrogen-bond donors (Lipinski definition) is 2. The van der Waals surface area contributed by atoms with Crippen molar-refractivity contribution in [3.63, 3.8) is 0 Å². The number of allylic oxidation sites excluding steroid dienone is 13. The van der Waals surface area contributed by atoms with E-state index < -0.39 is 20.0 Å². The molecule has 10 heteroatoms. The molecular formula is C68H124N2O7P+. The first-order valence-corrected chi connectivity index (χ1v) is 33.9. The normalized spacial score (nSPS) is 14.2. The fraction of sp³-hybridized carbons (Fsp3) is 0.765. The lowest BCUT2D eigenvalue weighted by molar-refractivity contribution is -0.870. The highest BCUT2D eigenvalue weighted by Crippen LogP contribution is 2.43. The highest BCUT2D eigenvalue weighted by Gasteiger charge is 2.30. The van der Waals surface area contributed by atoms with E-state index in [1.807, 2.05) is 33.3 Å². The van der Waals surface area contributed by atoms with Gasteiger partial charge in [-0.3, -0.25) is 18.6 Å². The molecule has 0 aliphatic heterocycles. The summed E-state index contributed by atoms with van der Waals surface area (Å²) in [6.07, 6.45) is 75.9. The number of nitrogens with one attached hydrogen (secondary N) is 1. The van der Waals surface area contributed by atoms with Crippen LogP contribution in [-0.2, 0) is 27.9 Å². The van der Waals surface area contributed by atoms with Gasteiger partial charge >= 0.3 is 13.8 Å². The molecule has 0 aliphatic carbocycles. The molecule has 2 N–H and O–H groups in total. The van der Waals surface area contributed by atoms with Crippen molar-refractivity contribution in [2.24, 2.45) is 0 Å². The number of carbonyl (C=O) groups excluding carboxylic acids is 2. The number of phosphoric acid groups is 1. The zero-order chi connectivity index (χ0) is 57.2. The third kappa shape index (κ3) is 57.9. The van der Waals surface area contributed by atoms with Crippen molar-refractivity contribution in [1.29, 1.82) is 0 Å². The van der Waals surface area contributed by atoms with E-state index in [0.717, 1.165) is 103 Å². The van der Waals surface area contributed by atoms with Crippen LogP contribution in [0.25, 0.3) is 0 Å². The number of likely N-dealkylation sites (N-methyl/N-ethyl adjacent to an activating group) is 1. The Bertz CT molecular complexity index is 1610. The number of phosphoric ester groups is 1. The summed E-state index contributed by atoms with van der Waals surface area (Å²) < 4.78 is 30.7. The fourth-order valence-electron chi connectivity index (χ4n) is 9.08. The van der Waals surface area contributed by atoms with Gasteiger partial charge in [0.1, 0.15) is 19.3 Å². The van der Waals surface area contributed by atoms with Crippen LogP contribution < -0.4 is 5.32 Å². The maximum absolute atomic E-state index is 13.5. The fourth-order valence-corrected chi connectivity index (χ4v) is 9.82. The Balaban J connectivity index is 5.08. The maximum Gasteiger partial charge on any atom is 0.472 e. The van der Waals surface area contributed by atoms with Crippen molar-refractivity contribution in [2.75, 3.05) is 40.9 Å². The zero-order valence-electron chi connectivity index (χ0n) is 51.6. The van der Waals surface area contributed by atoms with Crippen molar-refractivity contribution >= 4 is 19.7 Å². The van der Waals surface area contributed by atoms with Gasteiger partial charge in [0.15, 0.2) is 0 Å². The maximum atomic E-state index is 13.5. The Morgan fingerprint density at radius 2 is 0.821 bits per heavy atom. The third-order valence-corrected chi connectivity index (χ3v) is 15.1. The van der Waals surface area contributed by atoms with Crippen LogP contribution in [-0.4, -0.2) is 74.3 Å². The SMILES string of the molecule is CC/C=C\C/C=C\C/C=C\C/C=C\C/C=C\CCCCCCCCCCCCCC(=O)OC(/C=C\CCCCCCCCCCCC)C(COP(=O)(O)OCC[N+](C)(C)C)NC(=O)CCCCC/C=C\CCCCCCCC. The Hall–Kier alpha value is -2.81. The lowest BCUT2D eigenvalue weighted by Gasteiger charge is -2.27. The van der Waals surface area contributed by atoms with E-state index in [1.54, 1.807) is 0 Å². The van der Waals surface area contributed by atoms with Crippen LogP contribution in [0.15, 0.2) is 85.1 Å². The topological polar surface area (TPSA) is 111 Å². The van der Waals surface area contributed by atoms with Gasteiger partial charge in [0, 0.05) is 12.8 Å². The van der Waals surface area contributed by atoms with Gasteiger partial charge in [-0.1, -0.05) is 254 Å². The van der Waals surface area contributed by atoms with Crippen molar-refractivity contribution < 1.29 is 37.3 Å². The van der Waals surface area contributed by atoms with E-state index in [0.29, 0.717) is 17.4 Å². The van der Waals surface area contributed by atoms with E-state index in [2.05, 4.69) is 99.0 Å². The highest BCUT2D eigenvalue weighted by atomic mass is 31.2. The van der Waals surface area contributed by atoms with Gasteiger partial charge in [-0.05, 0) is 102 Å². The number of quaternary nitrogens is 1. The molecule has 0 bridgehead atoms. The second kappa shape index (κ2) is 57.4. The summed E-state index contributed by atoms with van der Waals surface area (Å²) in [6, 6.07) is -0.860. The second-order valence-corrected chi connectivity index (χ2v) is 24.4. The molecule has 0 rings (SSSR count). The van der Waals surface area contributed by atoms with Gasteiger partial charge in [-0.15, -0.1) is 0 Å². The van der Waals surface area contributed by atoms with Gasteiger partial charge in [0.05, 0.1) is 33.8 Å². The minimum Gasteiger partial charge on any atom is -0.456 e. The quantitative estimate of drug-likeness (QED) is 0.0205. The molecule has 9 nitrogen and oxygen atoms in total. The minimum atomic E-state index is -4.45. The van der Waals surface area contributed by atoms with Crippen LogP contribution in [0.1, 0.15) is 284 Å². The first-order valence-electron chi connectivity index (χ1n) is 32.4. The van der Waals surface area contributed by atoms with Gasteiger partial charge in [0.25, 0.3) is 0 Å². The number of carbonyl (C=O) groups is 2. The van der Waals surface area contributed by atoms with Crippen molar-refractivity contribution in [3.8, 4) is 0 Å². The van der Waals surface area contributed by atoms with Crippen molar-refractivity contribution in [1.82, 2.24) is 5.32 Å². The van der Waals surface area contributed by atoms with Crippen LogP contribution >= 0.6 is 7.82 Å². The molecule has 0 aromatic rings. The van der Waals surface area contributed by atoms with E-state index in [4.69, 9.17) is 13.8 Å². The number of rotatable bonds is 58. The Morgan fingerprint density at radius 1 is 0.462 bits per heavy atom. The number of ether oxygens (including phenoxy) is 1. The predicted molar refractivity (Wildman–Crippen MR) is 337 cm³/mol. The van der Waals surface area contributed by atoms with Gasteiger partial charge in [0.2, 0.25) is 5.91 Å². The van der Waals surface area contributed by atoms with Crippen LogP contribution in [0.2, 0.25) is 0 Å². The van der Waals surface area contributed by atoms with Crippen molar-refractivity contribution in [3.05, 3.63) is 85.1 Å². The smallest absolute Gasteiger partial charge is 0.456 e. The molecule has 0 saturated carbocycles. The molecule has 0 aromatic heterocycles. The molecule has 1 amide bonds. The molecule has 0 radical (unpaired) electrons. The molecule has 3 unspecified atom stereocenters. The zero-order valence-corrected chi connectivity index (χ0v) is 52.5. The molecule has 0 heterocycles. The van der Waals surface area contributed by atoms with E-state index in [9.17, 15) is 19.0 Å². The standard InChI is InChI=1S/C68H123N2O7P/c1-7-10-13-16-19-22-25-28-29-30-31-32-33-34-35-36-37-38-39-40-41-43-46-49-52-55-58-61-68(72)77-66(59-56-53-50-47-44-27-24-21-18-15-12-9-3)65(64-76-78(73,74)75-63-62-70(4,5)6)69-67(71)60-57-54-51-48-45-42-26-23-20-17-14-11-8-2/h10,13,19,22,28-29,31-32,34-35,42,45,56,59,65-66H,7-9,11-12,14-18,20-21,23-27,30,33,36-41,43-44,46-55,57-58,60-64H2,1-6H3,(H-,69,71,73,74)/p+1/b13-10-,22-19-,29-28-,32-31-,35-34-,45-42-,59-56-. The number of hydrogen-bond acceptors (Lipinski definition) is 6. The van der Waals surface area contributed by atoms with Crippen LogP contribution in [0.5, 0.6) is 0 Å². The largest absolute Gasteiger partial charge is 0.472 e. The number of amides is 1. The summed E-state index contributed by atoms with van der Waals surface area (Å²) >= 11 is 0. The second-order valence-electron chi connectivity index (χ2n) is 22.9. The first-order chi connectivity index (χ1) is 37.9. The molecule has 452 valence electrons. The predicted octanol–water partition coefficient (Wildman–Crippen LogP) is 20.2. The molecule has 0 saturated heterocycles. The summed E-state index contributed by atoms with van der Waals surface area (Å²) in [5.74, 6) is -0.526. The lowest BCUT2D eigenvalue weighted by atomic mass is 10.0. The summed E-state index contributed by atoms with van der Waals surface area (Å²) in [6.45, 7) is 6.88. The lowest BCUT2D eigenvalue weighted by Crippen LogP contribution is -2.47. The first kappa shape index (κ1) is 75.2. The molecule has 3 atom stereocenters. The molecule has 0 fully saturated rings. The monoisotopic (exact) mass is 1110 g/mol. The Kier molecular flexibility index (Phi) is 55.4. The molecule has 78 heavy (non-hydrogen) atoms. The molecule has 0 aromatic carbocycles. The van der Waals surface area contributed by atoms with Gasteiger partial charge in [-0.2, -0.15) is 0 Å². The molecule has 0 aliphatic rings.